The molecule has 0 bridgehead atoms. The maximum absolute atomic E-state index is 13.0. The maximum Gasteiger partial charge on any atom is 0.268 e. The van der Waals surface area contributed by atoms with Gasteiger partial charge in [-0.05, 0) is 37.6 Å². The number of aryl methyl sites for hydroxylation is 2. The molecule has 122 valence electrons. The average Bonchev–Trinajstić information content (AvgIpc) is 3.00. The van der Waals surface area contributed by atoms with Crippen molar-refractivity contribution in [2.45, 2.75) is 18.7 Å². The predicted octanol–water partition coefficient (Wildman–Crippen LogP) is 3.82. The highest BCUT2D eigenvalue weighted by molar-refractivity contribution is 7.90. The monoisotopic (exact) mass is 339 g/mol. The molecule has 1 heterocycles. The highest BCUT2D eigenvalue weighted by atomic mass is 32.2. The van der Waals surface area contributed by atoms with E-state index in [1.807, 2.05) is 38.1 Å². The van der Waals surface area contributed by atoms with Gasteiger partial charge >= 0.3 is 0 Å². The third-order valence-corrected chi connectivity index (χ3v) is 5.68. The Morgan fingerprint density at radius 1 is 0.917 bits per heavy atom. The van der Waals surface area contributed by atoms with Gasteiger partial charge in [-0.3, -0.25) is 4.79 Å². The fourth-order valence-corrected chi connectivity index (χ4v) is 4.03. The molecule has 0 spiro atoms. The van der Waals surface area contributed by atoms with E-state index in [2.05, 4.69) is 0 Å². The first-order valence-corrected chi connectivity index (χ1v) is 8.94. The van der Waals surface area contributed by atoms with E-state index in [0.29, 0.717) is 17.5 Å². The number of hydrogen-bond acceptors (Lipinski definition) is 3. The van der Waals surface area contributed by atoms with Crippen LogP contribution in [0.4, 0.5) is 0 Å². The summed E-state index contributed by atoms with van der Waals surface area (Å²) in [5.41, 5.74) is 3.35. The van der Waals surface area contributed by atoms with Gasteiger partial charge in [0.15, 0.2) is 6.29 Å². The Labute approximate surface area is 141 Å². The fourth-order valence-electron chi connectivity index (χ4n) is 2.66. The smallest absolute Gasteiger partial charge is 0.268 e. The van der Waals surface area contributed by atoms with E-state index < -0.39 is 10.0 Å². The Morgan fingerprint density at radius 2 is 1.58 bits per heavy atom. The number of nitrogens with zero attached hydrogens (tertiary/aromatic N) is 1. The summed E-state index contributed by atoms with van der Waals surface area (Å²) in [6, 6.07) is 15.6. The van der Waals surface area contributed by atoms with Crippen molar-refractivity contribution < 1.29 is 13.2 Å². The Morgan fingerprint density at radius 3 is 2.21 bits per heavy atom. The highest BCUT2D eigenvalue weighted by Crippen LogP contribution is 2.30. The quantitative estimate of drug-likeness (QED) is 0.679. The molecule has 5 heteroatoms. The van der Waals surface area contributed by atoms with Crippen molar-refractivity contribution in [3.05, 3.63) is 77.5 Å². The zero-order valence-electron chi connectivity index (χ0n) is 13.4. The van der Waals surface area contributed by atoms with Crippen LogP contribution in [0.1, 0.15) is 21.5 Å². The molecular weight excluding hydrogens is 322 g/mol. The first kappa shape index (κ1) is 16.2. The molecule has 0 atom stereocenters. The van der Waals surface area contributed by atoms with Gasteiger partial charge in [0, 0.05) is 17.3 Å². The van der Waals surface area contributed by atoms with Crippen LogP contribution in [0, 0.1) is 13.8 Å². The van der Waals surface area contributed by atoms with Crippen LogP contribution in [-0.2, 0) is 10.0 Å². The van der Waals surface area contributed by atoms with E-state index in [4.69, 9.17) is 0 Å². The molecule has 24 heavy (non-hydrogen) atoms. The molecule has 0 aliphatic rings. The lowest BCUT2D eigenvalue weighted by Gasteiger charge is -2.13. The molecular formula is C19H17NO3S. The standard InChI is InChI=1S/C19H17NO3S/c1-14-7-9-17(10-8-14)24(22,23)20-12-11-16(13-21)19(20)18-6-4-3-5-15(18)2/h3-13H,1-2H3. The molecule has 0 radical (unpaired) electrons. The summed E-state index contributed by atoms with van der Waals surface area (Å²) in [4.78, 5) is 11.6. The Bertz CT molecular complexity index is 999. The number of aldehydes is 1. The van der Waals surface area contributed by atoms with Gasteiger partial charge < -0.3 is 0 Å². The lowest BCUT2D eigenvalue weighted by atomic mass is 10.0. The molecule has 0 fully saturated rings. The number of benzene rings is 2. The van der Waals surface area contributed by atoms with Crippen molar-refractivity contribution in [3.8, 4) is 11.3 Å². The number of carbonyl (C=O) groups is 1. The first-order chi connectivity index (χ1) is 11.4. The van der Waals surface area contributed by atoms with Gasteiger partial charge in [0.2, 0.25) is 0 Å². The normalized spacial score (nSPS) is 11.4. The van der Waals surface area contributed by atoms with Crippen LogP contribution in [0.2, 0.25) is 0 Å². The van der Waals surface area contributed by atoms with Gasteiger partial charge in [-0.2, -0.15) is 0 Å². The van der Waals surface area contributed by atoms with E-state index >= 15 is 0 Å². The Balaban J connectivity index is 2.27. The van der Waals surface area contributed by atoms with Crippen molar-refractivity contribution in [3.63, 3.8) is 0 Å². The number of aromatic nitrogens is 1. The molecule has 0 amide bonds. The van der Waals surface area contributed by atoms with E-state index in [-0.39, 0.29) is 4.90 Å². The van der Waals surface area contributed by atoms with Crippen molar-refractivity contribution in [1.29, 1.82) is 0 Å². The summed E-state index contributed by atoms with van der Waals surface area (Å²) >= 11 is 0. The van der Waals surface area contributed by atoms with Gasteiger partial charge in [0.1, 0.15) is 0 Å². The third-order valence-electron chi connectivity index (χ3n) is 3.99. The molecule has 3 aromatic rings. The second-order valence-electron chi connectivity index (χ2n) is 5.67. The van der Waals surface area contributed by atoms with Crippen LogP contribution in [0.15, 0.2) is 65.7 Å². The average molecular weight is 339 g/mol. The zero-order valence-corrected chi connectivity index (χ0v) is 14.2. The van der Waals surface area contributed by atoms with Crippen LogP contribution in [0.3, 0.4) is 0 Å². The topological polar surface area (TPSA) is 56.1 Å². The first-order valence-electron chi connectivity index (χ1n) is 7.50. The van der Waals surface area contributed by atoms with Crippen LogP contribution in [0.25, 0.3) is 11.3 Å². The van der Waals surface area contributed by atoms with E-state index in [1.165, 1.54) is 16.2 Å². The summed E-state index contributed by atoms with van der Waals surface area (Å²) < 4.78 is 27.2. The minimum absolute atomic E-state index is 0.191. The largest absolute Gasteiger partial charge is 0.298 e. The van der Waals surface area contributed by atoms with Crippen LogP contribution in [0.5, 0.6) is 0 Å². The second kappa shape index (κ2) is 6.09. The number of carbonyl (C=O) groups excluding carboxylic acids is 1. The van der Waals surface area contributed by atoms with E-state index in [9.17, 15) is 13.2 Å². The minimum atomic E-state index is -3.78. The van der Waals surface area contributed by atoms with Crippen molar-refractivity contribution in [2.24, 2.45) is 0 Å². The van der Waals surface area contributed by atoms with E-state index in [0.717, 1.165) is 16.7 Å². The molecule has 0 saturated carbocycles. The lowest BCUT2D eigenvalue weighted by molar-refractivity contribution is 0.112. The summed E-state index contributed by atoms with van der Waals surface area (Å²) in [6.45, 7) is 3.79. The Kier molecular flexibility index (Phi) is 4.11. The fraction of sp³-hybridized carbons (Fsp3) is 0.105. The van der Waals surface area contributed by atoms with E-state index in [1.54, 1.807) is 24.3 Å². The van der Waals surface area contributed by atoms with Crippen LogP contribution >= 0.6 is 0 Å². The predicted molar refractivity (Wildman–Crippen MR) is 93.8 cm³/mol. The number of rotatable bonds is 4. The molecule has 0 saturated heterocycles. The van der Waals surface area contributed by atoms with Gasteiger partial charge in [-0.15, -0.1) is 0 Å². The molecule has 0 N–H and O–H groups in total. The summed E-state index contributed by atoms with van der Waals surface area (Å²) in [6.07, 6.45) is 2.11. The van der Waals surface area contributed by atoms with Crippen molar-refractivity contribution in [1.82, 2.24) is 3.97 Å². The van der Waals surface area contributed by atoms with Crippen molar-refractivity contribution in [2.75, 3.05) is 0 Å². The highest BCUT2D eigenvalue weighted by Gasteiger charge is 2.23. The minimum Gasteiger partial charge on any atom is -0.298 e. The Hall–Kier alpha value is -2.66. The van der Waals surface area contributed by atoms with Crippen molar-refractivity contribution >= 4 is 16.3 Å². The number of hydrogen-bond donors (Lipinski definition) is 0. The molecule has 1 aromatic heterocycles. The third kappa shape index (κ3) is 2.67. The van der Waals surface area contributed by atoms with Gasteiger partial charge in [0.05, 0.1) is 10.6 Å². The van der Waals surface area contributed by atoms with Gasteiger partial charge in [0.25, 0.3) is 10.0 Å². The zero-order chi connectivity index (χ0) is 17.3. The summed E-state index contributed by atoms with van der Waals surface area (Å²) in [5.74, 6) is 0. The molecule has 0 aliphatic heterocycles. The second-order valence-corrected chi connectivity index (χ2v) is 7.48. The lowest BCUT2D eigenvalue weighted by Crippen LogP contribution is -2.14. The van der Waals surface area contributed by atoms with Gasteiger partial charge in [-0.25, -0.2) is 12.4 Å². The molecule has 4 nitrogen and oxygen atoms in total. The van der Waals surface area contributed by atoms with Crippen LogP contribution < -0.4 is 0 Å². The molecule has 2 aromatic carbocycles. The SMILES string of the molecule is Cc1ccc(S(=O)(=O)n2ccc(C=O)c2-c2ccccc2C)cc1. The molecule has 3 rings (SSSR count). The molecule has 0 unspecified atom stereocenters. The summed E-state index contributed by atoms with van der Waals surface area (Å²) in [5, 5.41) is 0. The van der Waals surface area contributed by atoms with Gasteiger partial charge in [-0.1, -0.05) is 42.0 Å². The molecule has 0 aliphatic carbocycles. The maximum atomic E-state index is 13.0. The van der Waals surface area contributed by atoms with Crippen LogP contribution in [-0.4, -0.2) is 18.7 Å². The summed E-state index contributed by atoms with van der Waals surface area (Å²) in [7, 11) is -3.78.